The fraction of sp³-hybridized carbons (Fsp3) is 0.125. The van der Waals surface area contributed by atoms with Crippen LogP contribution in [-0.2, 0) is 0 Å². The molecule has 0 saturated carbocycles. The number of benzene rings is 1. The summed E-state index contributed by atoms with van der Waals surface area (Å²) < 4.78 is 6.07. The highest BCUT2D eigenvalue weighted by molar-refractivity contribution is 7.20. The molecule has 0 unspecified atom stereocenters. The smallest absolute Gasteiger partial charge is 0.274 e. The van der Waals surface area contributed by atoms with Gasteiger partial charge in [-0.3, -0.25) is 0 Å². The highest BCUT2D eigenvalue weighted by Gasteiger charge is 2.01. The SMILES string of the molecule is [B]c1ccc2nc(OC)sc2c1. The monoisotopic (exact) mass is 175 g/mol. The second kappa shape index (κ2) is 2.79. The molecule has 12 heavy (non-hydrogen) atoms. The van der Waals surface area contributed by atoms with Gasteiger partial charge in [0.15, 0.2) is 0 Å². The van der Waals surface area contributed by atoms with Crippen LogP contribution in [0.15, 0.2) is 18.2 Å². The Morgan fingerprint density at radius 3 is 3.08 bits per heavy atom. The molecule has 0 bridgehead atoms. The normalized spacial score (nSPS) is 10.4. The van der Waals surface area contributed by atoms with E-state index >= 15 is 0 Å². The molecule has 4 heteroatoms. The molecule has 0 spiro atoms. The molecule has 2 rings (SSSR count). The molecule has 0 amide bonds. The van der Waals surface area contributed by atoms with Crippen LogP contribution >= 0.6 is 11.3 Å². The van der Waals surface area contributed by atoms with Gasteiger partial charge in [0.25, 0.3) is 5.19 Å². The van der Waals surface area contributed by atoms with Crippen molar-refractivity contribution in [3.63, 3.8) is 0 Å². The van der Waals surface area contributed by atoms with E-state index in [0.29, 0.717) is 5.19 Å². The summed E-state index contributed by atoms with van der Waals surface area (Å²) in [7, 11) is 7.22. The van der Waals surface area contributed by atoms with Crippen molar-refractivity contribution in [1.29, 1.82) is 0 Å². The van der Waals surface area contributed by atoms with Crippen molar-refractivity contribution < 1.29 is 4.74 Å². The number of fused-ring (bicyclic) bond motifs is 1. The largest absolute Gasteiger partial charge is 0.473 e. The zero-order chi connectivity index (χ0) is 8.55. The first kappa shape index (κ1) is 7.62. The van der Waals surface area contributed by atoms with Gasteiger partial charge in [0.2, 0.25) is 0 Å². The van der Waals surface area contributed by atoms with E-state index in [9.17, 15) is 0 Å². The average Bonchev–Trinajstić information content (AvgIpc) is 2.46. The van der Waals surface area contributed by atoms with Gasteiger partial charge in [-0.2, -0.15) is 0 Å². The molecular formula is C8H6BNOS. The number of thiazole rings is 1. The van der Waals surface area contributed by atoms with Crippen molar-refractivity contribution in [3.05, 3.63) is 18.2 Å². The van der Waals surface area contributed by atoms with Crippen molar-refractivity contribution >= 4 is 34.9 Å². The topological polar surface area (TPSA) is 22.1 Å². The number of hydrogen-bond acceptors (Lipinski definition) is 3. The highest BCUT2D eigenvalue weighted by atomic mass is 32.1. The third kappa shape index (κ3) is 1.18. The molecule has 1 aromatic carbocycles. The Morgan fingerprint density at radius 1 is 1.50 bits per heavy atom. The van der Waals surface area contributed by atoms with E-state index in [0.717, 1.165) is 15.7 Å². The van der Waals surface area contributed by atoms with Crippen molar-refractivity contribution in [2.75, 3.05) is 7.11 Å². The number of hydrogen-bond donors (Lipinski definition) is 0. The van der Waals surface area contributed by atoms with Crippen LogP contribution in [-0.4, -0.2) is 19.9 Å². The predicted molar refractivity (Wildman–Crippen MR) is 51.6 cm³/mol. The van der Waals surface area contributed by atoms with Crippen LogP contribution < -0.4 is 10.2 Å². The van der Waals surface area contributed by atoms with Crippen molar-refractivity contribution in [1.82, 2.24) is 4.98 Å². The summed E-state index contributed by atoms with van der Waals surface area (Å²) in [5.41, 5.74) is 1.69. The Kier molecular flexibility index (Phi) is 1.77. The summed E-state index contributed by atoms with van der Waals surface area (Å²) in [5, 5.41) is 0.676. The van der Waals surface area contributed by atoms with E-state index < -0.39 is 0 Å². The first-order valence-electron chi connectivity index (χ1n) is 3.49. The molecular weight excluding hydrogens is 169 g/mol. The van der Waals surface area contributed by atoms with Crippen LogP contribution in [0.1, 0.15) is 0 Å². The molecule has 0 N–H and O–H groups in total. The van der Waals surface area contributed by atoms with Gasteiger partial charge in [-0.25, -0.2) is 4.98 Å². The van der Waals surface area contributed by atoms with Crippen LogP contribution in [0.25, 0.3) is 10.2 Å². The van der Waals surface area contributed by atoms with Gasteiger partial charge < -0.3 is 4.74 Å². The summed E-state index contributed by atoms with van der Waals surface area (Å²) in [6, 6.07) is 5.63. The van der Waals surface area contributed by atoms with E-state index in [4.69, 9.17) is 12.6 Å². The average molecular weight is 175 g/mol. The zero-order valence-electron chi connectivity index (χ0n) is 6.57. The molecule has 0 atom stereocenters. The predicted octanol–water partition coefficient (Wildman–Crippen LogP) is 1.10. The Labute approximate surface area is 75.6 Å². The number of aromatic nitrogens is 1. The molecule has 0 aliphatic heterocycles. The molecule has 2 nitrogen and oxygen atoms in total. The molecule has 0 aliphatic rings. The van der Waals surface area contributed by atoms with E-state index in [1.165, 1.54) is 11.3 Å². The van der Waals surface area contributed by atoms with Gasteiger partial charge >= 0.3 is 0 Å². The minimum atomic E-state index is 0.676. The number of nitrogens with zero attached hydrogens (tertiary/aromatic N) is 1. The molecule has 0 aliphatic carbocycles. The number of ether oxygens (including phenoxy) is 1. The maximum absolute atomic E-state index is 5.61. The van der Waals surface area contributed by atoms with Crippen LogP contribution in [0.5, 0.6) is 5.19 Å². The molecule has 58 valence electrons. The molecule has 2 radical (unpaired) electrons. The lowest BCUT2D eigenvalue weighted by molar-refractivity contribution is 0.413. The lowest BCUT2D eigenvalue weighted by Gasteiger charge is -1.88. The van der Waals surface area contributed by atoms with Crippen LogP contribution in [0.3, 0.4) is 0 Å². The molecule has 1 aromatic heterocycles. The van der Waals surface area contributed by atoms with Gasteiger partial charge in [-0.1, -0.05) is 22.9 Å². The second-order valence-corrected chi connectivity index (χ2v) is 3.40. The Hall–Kier alpha value is -1.03. The zero-order valence-corrected chi connectivity index (χ0v) is 7.39. The number of methoxy groups -OCH3 is 1. The first-order chi connectivity index (χ1) is 5.79. The van der Waals surface area contributed by atoms with Gasteiger partial charge in [0.1, 0.15) is 7.85 Å². The molecule has 0 fully saturated rings. The van der Waals surface area contributed by atoms with Crippen LogP contribution in [0.4, 0.5) is 0 Å². The van der Waals surface area contributed by atoms with E-state index in [2.05, 4.69) is 4.98 Å². The standard InChI is InChI=1S/C8H6BNOS/c1-11-8-10-6-3-2-5(9)4-7(6)12-8/h2-4H,1H3. The van der Waals surface area contributed by atoms with Crippen molar-refractivity contribution in [2.24, 2.45) is 0 Å². The Bertz CT molecular complexity index is 412. The third-order valence-electron chi connectivity index (χ3n) is 1.57. The fourth-order valence-electron chi connectivity index (χ4n) is 1.01. The third-order valence-corrected chi connectivity index (χ3v) is 2.55. The quantitative estimate of drug-likeness (QED) is 0.605. The Morgan fingerprint density at radius 2 is 2.33 bits per heavy atom. The van der Waals surface area contributed by atoms with Crippen LogP contribution in [0, 0.1) is 0 Å². The van der Waals surface area contributed by atoms with Gasteiger partial charge in [-0.15, -0.1) is 0 Å². The second-order valence-electron chi connectivity index (χ2n) is 2.41. The molecule has 2 aromatic rings. The van der Waals surface area contributed by atoms with Crippen molar-refractivity contribution in [3.8, 4) is 5.19 Å². The Balaban J connectivity index is 2.67. The summed E-state index contributed by atoms with van der Waals surface area (Å²) in [6.07, 6.45) is 0. The van der Waals surface area contributed by atoms with Gasteiger partial charge in [-0.05, 0) is 12.1 Å². The lowest BCUT2D eigenvalue weighted by atomic mass is 9.97. The van der Waals surface area contributed by atoms with Gasteiger partial charge in [0.05, 0.1) is 17.3 Å². The molecule has 1 heterocycles. The minimum absolute atomic E-state index is 0.676. The maximum Gasteiger partial charge on any atom is 0.274 e. The van der Waals surface area contributed by atoms with E-state index in [-0.39, 0.29) is 0 Å². The molecule has 0 saturated heterocycles. The lowest BCUT2D eigenvalue weighted by Crippen LogP contribution is -1.98. The first-order valence-corrected chi connectivity index (χ1v) is 4.31. The maximum atomic E-state index is 5.61. The van der Waals surface area contributed by atoms with E-state index in [1.807, 2.05) is 18.2 Å². The van der Waals surface area contributed by atoms with Crippen LogP contribution in [0.2, 0.25) is 0 Å². The summed E-state index contributed by atoms with van der Waals surface area (Å²) in [5.74, 6) is 0. The highest BCUT2D eigenvalue weighted by Crippen LogP contribution is 2.25. The van der Waals surface area contributed by atoms with Crippen molar-refractivity contribution in [2.45, 2.75) is 0 Å². The minimum Gasteiger partial charge on any atom is -0.473 e. The number of rotatable bonds is 1. The summed E-state index contributed by atoms with van der Waals surface area (Å²) in [6.45, 7) is 0. The fourth-order valence-corrected chi connectivity index (χ4v) is 1.84. The summed E-state index contributed by atoms with van der Waals surface area (Å²) >= 11 is 1.50. The summed E-state index contributed by atoms with van der Waals surface area (Å²) in [4.78, 5) is 4.21. The van der Waals surface area contributed by atoms with Gasteiger partial charge in [0, 0.05) is 0 Å². The van der Waals surface area contributed by atoms with E-state index in [1.54, 1.807) is 7.11 Å².